The lowest BCUT2D eigenvalue weighted by Gasteiger charge is -2.31. The Balaban J connectivity index is 0.000000144. The second-order valence-electron chi connectivity index (χ2n) is 15.1. The summed E-state index contributed by atoms with van der Waals surface area (Å²) in [6.45, 7) is 3.76. The third kappa shape index (κ3) is 9.48. The van der Waals surface area contributed by atoms with Crippen molar-refractivity contribution in [3.05, 3.63) is 129 Å². The van der Waals surface area contributed by atoms with Gasteiger partial charge in [0.05, 0.1) is 12.4 Å². The van der Waals surface area contributed by atoms with Gasteiger partial charge in [-0.3, -0.25) is 13.6 Å². The van der Waals surface area contributed by atoms with Crippen molar-refractivity contribution >= 4 is 66.4 Å². The smallest absolute Gasteiger partial charge is 0.354 e. The number of alkyl halides is 4. The number of amides is 1. The number of carboxylic acid groups (broad SMARTS) is 1. The zero-order valence-electron chi connectivity index (χ0n) is 33.1. The van der Waals surface area contributed by atoms with Crippen LogP contribution in [0, 0.1) is 13.8 Å². The van der Waals surface area contributed by atoms with E-state index in [0.717, 1.165) is 25.6 Å². The number of pyridine rings is 2. The summed E-state index contributed by atoms with van der Waals surface area (Å²) in [7, 11) is 0. The van der Waals surface area contributed by atoms with E-state index >= 15 is 0 Å². The number of hydrogen-bond acceptors (Lipinski definition) is 11. The van der Waals surface area contributed by atoms with E-state index in [0.29, 0.717) is 45.6 Å². The van der Waals surface area contributed by atoms with Gasteiger partial charge < -0.3 is 25.2 Å². The van der Waals surface area contributed by atoms with E-state index in [1.165, 1.54) is 16.8 Å². The molecule has 2 aliphatic rings. The molecule has 0 unspecified atom stereocenters. The highest BCUT2D eigenvalue weighted by atomic mass is 79.9. The first-order valence-electron chi connectivity index (χ1n) is 19.1. The van der Waals surface area contributed by atoms with Crippen molar-refractivity contribution < 1.29 is 41.3 Å². The lowest BCUT2D eigenvalue weighted by molar-refractivity contribution is -0.0930. The van der Waals surface area contributed by atoms with Gasteiger partial charge in [-0.25, -0.2) is 32.3 Å². The molecule has 2 aromatic carbocycles. The van der Waals surface area contributed by atoms with Gasteiger partial charge in [0, 0.05) is 81.4 Å². The number of fused-ring (bicyclic) bond motifs is 2. The summed E-state index contributed by atoms with van der Waals surface area (Å²) in [5, 5.41) is 19.4. The molecule has 0 saturated heterocycles. The van der Waals surface area contributed by atoms with Gasteiger partial charge in [0.1, 0.15) is 17.0 Å². The van der Waals surface area contributed by atoms with Crippen molar-refractivity contribution in [2.75, 3.05) is 11.1 Å². The van der Waals surface area contributed by atoms with Crippen molar-refractivity contribution in [1.82, 2.24) is 39.1 Å². The van der Waals surface area contributed by atoms with Gasteiger partial charge in [-0.05, 0) is 93.2 Å². The van der Waals surface area contributed by atoms with E-state index < -0.39 is 23.7 Å². The number of nitrogens with one attached hydrogen (secondary N) is 1. The highest BCUT2D eigenvalue weighted by molar-refractivity contribution is 9.10. The number of aryl methyl sites for hydroxylation is 2. The van der Waals surface area contributed by atoms with E-state index in [-0.39, 0.29) is 55.0 Å². The van der Waals surface area contributed by atoms with Crippen LogP contribution in [0.4, 0.5) is 28.9 Å². The molecule has 0 bridgehead atoms. The van der Waals surface area contributed by atoms with Crippen molar-refractivity contribution in [2.45, 2.75) is 63.2 Å². The maximum atomic E-state index is 13.1. The summed E-state index contributed by atoms with van der Waals surface area (Å²) in [6, 6.07) is 18.0. The zero-order chi connectivity index (χ0) is 44.8. The number of nitrogen functional groups attached to an aromatic ring is 1. The standard InChI is InChI=1S/C21H16BrF2N5O2.C13H13F2N3O.C8H5BrN2O2/c1-11-2-3-12(18-27-20(31-28-18)13-7-21(23,24)8-13)6-15(11)26-19(30)16-9-25-17-5-4-14(22)10-29(16)17;1-7-2-3-8(4-10(7)16)11-17-12(19-18-11)9-5-13(14,15)6-9;9-5-1-2-7-10-3-6(8(12)13)11(7)4-5/h2-6,9-10,13H,7-8H2,1H3,(H,26,30);2-4,9H,5-6,16H2,1H3;1-4H,(H,12,13). The van der Waals surface area contributed by atoms with Crippen molar-refractivity contribution in [1.29, 1.82) is 0 Å². The van der Waals surface area contributed by atoms with Gasteiger partial charge in [-0.1, -0.05) is 34.6 Å². The second-order valence-corrected chi connectivity index (χ2v) is 17.0. The van der Waals surface area contributed by atoms with Crippen molar-refractivity contribution in [3.63, 3.8) is 0 Å². The summed E-state index contributed by atoms with van der Waals surface area (Å²) in [4.78, 5) is 40.2. The topological polar surface area (TPSA) is 205 Å². The summed E-state index contributed by atoms with van der Waals surface area (Å²) < 4.78 is 66.9. The summed E-state index contributed by atoms with van der Waals surface area (Å²) >= 11 is 6.66. The molecule has 8 aromatic rings. The molecular weight excluding hydrogens is 960 g/mol. The van der Waals surface area contributed by atoms with Crippen molar-refractivity contribution in [3.8, 4) is 22.8 Å². The van der Waals surface area contributed by atoms with Gasteiger partial charge in [-0.15, -0.1) is 0 Å². The number of hydrogen-bond donors (Lipinski definition) is 3. The lowest BCUT2D eigenvalue weighted by Crippen LogP contribution is -2.33. The van der Waals surface area contributed by atoms with E-state index in [1.807, 2.05) is 44.2 Å². The molecule has 15 nitrogen and oxygen atoms in total. The molecule has 0 aliphatic heterocycles. The van der Waals surface area contributed by atoms with E-state index in [9.17, 15) is 27.2 Å². The zero-order valence-corrected chi connectivity index (χ0v) is 36.2. The Kier molecular flexibility index (Phi) is 11.7. The Labute approximate surface area is 371 Å². The number of nitrogens with zero attached hydrogens (tertiary/aromatic N) is 8. The van der Waals surface area contributed by atoms with Gasteiger partial charge in [0.25, 0.3) is 5.91 Å². The molecule has 10 rings (SSSR count). The fourth-order valence-corrected chi connectivity index (χ4v) is 7.48. The highest BCUT2D eigenvalue weighted by Crippen LogP contribution is 2.49. The Morgan fingerprint density at radius 2 is 1.21 bits per heavy atom. The molecule has 21 heteroatoms. The molecule has 6 aromatic heterocycles. The van der Waals surface area contributed by atoms with Crippen LogP contribution in [-0.2, 0) is 0 Å². The minimum atomic E-state index is -2.66. The fraction of sp³-hybridized carbons (Fsp3) is 0.238. The number of aromatic nitrogens is 8. The molecule has 0 radical (unpaired) electrons. The third-order valence-corrected chi connectivity index (χ3v) is 11.4. The monoisotopic (exact) mass is 992 g/mol. The van der Waals surface area contributed by atoms with Crippen LogP contribution in [0.3, 0.4) is 0 Å². The Morgan fingerprint density at radius 1 is 0.730 bits per heavy atom. The fourth-order valence-electron chi connectivity index (χ4n) is 6.81. The second kappa shape index (κ2) is 17.0. The van der Waals surface area contributed by atoms with Crippen LogP contribution in [0.25, 0.3) is 34.1 Å². The van der Waals surface area contributed by atoms with Crippen LogP contribution < -0.4 is 11.1 Å². The summed E-state index contributed by atoms with van der Waals surface area (Å²) in [6.07, 6.45) is 5.30. The van der Waals surface area contributed by atoms with E-state index in [1.54, 1.807) is 47.1 Å². The first kappa shape index (κ1) is 43.2. The summed E-state index contributed by atoms with van der Waals surface area (Å²) in [5.74, 6) is -6.14. The number of carbonyl (C=O) groups excluding carboxylic acids is 1. The Bertz CT molecular complexity index is 3010. The number of halogens is 6. The highest BCUT2D eigenvalue weighted by Gasteiger charge is 2.49. The minimum absolute atomic E-state index is 0.163. The number of nitrogens with two attached hydrogens (primary N) is 1. The quantitative estimate of drug-likeness (QED) is 0.101. The number of aromatic carboxylic acids is 1. The van der Waals surface area contributed by atoms with Crippen LogP contribution in [0.2, 0.25) is 0 Å². The normalized spacial score (nSPS) is 15.4. The minimum Gasteiger partial charge on any atom is -0.477 e. The number of carbonyl (C=O) groups is 2. The number of benzene rings is 2. The lowest BCUT2D eigenvalue weighted by atomic mass is 9.81. The van der Waals surface area contributed by atoms with E-state index in [2.05, 4.69) is 67.4 Å². The first-order chi connectivity index (χ1) is 29.9. The van der Waals surface area contributed by atoms with Gasteiger partial charge in [-0.2, -0.15) is 9.97 Å². The number of rotatable bonds is 7. The first-order valence-corrected chi connectivity index (χ1v) is 20.7. The van der Waals surface area contributed by atoms with Gasteiger partial charge >= 0.3 is 5.97 Å². The van der Waals surface area contributed by atoms with Crippen LogP contribution in [0.1, 0.15) is 81.4 Å². The molecule has 1 amide bonds. The Hall–Kier alpha value is -6.48. The SMILES string of the molecule is Cc1ccc(-c2noc(C3CC(F)(F)C3)n2)cc1N.Cc1ccc(-c2noc(C3CC(F)(F)C3)n2)cc1NC(=O)c1cnc2ccc(Br)cn12.O=C(O)c1cnc2ccc(Br)cn12. The maximum Gasteiger partial charge on any atom is 0.354 e. The van der Waals surface area contributed by atoms with E-state index in [4.69, 9.17) is 19.9 Å². The molecule has 2 fully saturated rings. The maximum absolute atomic E-state index is 13.1. The van der Waals surface area contributed by atoms with Crippen molar-refractivity contribution in [2.24, 2.45) is 0 Å². The molecule has 324 valence electrons. The van der Waals surface area contributed by atoms with Crippen LogP contribution in [0.5, 0.6) is 0 Å². The summed E-state index contributed by atoms with van der Waals surface area (Å²) in [5.41, 5.74) is 12.0. The molecular formula is C42H34Br2F4N10O5. The largest absolute Gasteiger partial charge is 0.477 e. The average Bonchev–Trinajstić information content (AvgIpc) is 4.05. The molecule has 6 heterocycles. The molecule has 2 saturated carbocycles. The van der Waals surface area contributed by atoms with Gasteiger partial charge in [0.2, 0.25) is 35.3 Å². The number of anilines is 2. The molecule has 4 N–H and O–H groups in total. The molecule has 63 heavy (non-hydrogen) atoms. The van der Waals surface area contributed by atoms with Crippen LogP contribution in [-0.4, -0.2) is 67.9 Å². The molecule has 2 aliphatic carbocycles. The number of carboxylic acids is 1. The van der Waals surface area contributed by atoms with Gasteiger partial charge in [0.15, 0.2) is 5.69 Å². The third-order valence-electron chi connectivity index (χ3n) is 10.4. The predicted molar refractivity (Wildman–Crippen MR) is 228 cm³/mol. The Morgan fingerprint density at radius 3 is 1.70 bits per heavy atom. The molecule has 0 atom stereocenters. The average molecular weight is 995 g/mol. The number of imidazole rings is 2. The van der Waals surface area contributed by atoms with Crippen LogP contribution >= 0.6 is 31.9 Å². The predicted octanol–water partition coefficient (Wildman–Crippen LogP) is 10.2. The molecule has 0 spiro atoms. The van der Waals surface area contributed by atoms with Crippen LogP contribution in [0.15, 0.2) is 103 Å².